The van der Waals surface area contributed by atoms with Crippen molar-refractivity contribution in [2.75, 3.05) is 18.5 Å². The first-order valence-corrected chi connectivity index (χ1v) is 8.44. The molecule has 0 aliphatic heterocycles. The topological polar surface area (TPSA) is 87.1 Å². The summed E-state index contributed by atoms with van der Waals surface area (Å²) < 4.78 is 0. The summed E-state index contributed by atoms with van der Waals surface area (Å²) in [5.74, 6) is 0. The highest BCUT2D eigenvalue weighted by Crippen LogP contribution is 2.44. The lowest BCUT2D eigenvalue weighted by Gasteiger charge is -2.12. The van der Waals surface area contributed by atoms with Crippen molar-refractivity contribution in [3.63, 3.8) is 0 Å². The molecule has 1 aliphatic carbocycles. The molecule has 3 N–H and O–H groups in total. The molecule has 0 unspecified atom stereocenters. The summed E-state index contributed by atoms with van der Waals surface area (Å²) in [6.07, 6.45) is 2.63. The Hall–Kier alpha value is -1.99. The number of aromatic nitrogens is 2. The molecule has 3 rings (SSSR count). The quantitative estimate of drug-likeness (QED) is 0.758. The Bertz CT molecular complexity index is 680. The van der Waals surface area contributed by atoms with E-state index in [0.29, 0.717) is 18.1 Å². The lowest BCUT2D eigenvalue weighted by Crippen LogP contribution is -2.35. The first-order chi connectivity index (χ1) is 11.1. The molecule has 0 spiro atoms. The smallest absolute Gasteiger partial charge is 0.321 e. The third-order valence-electron chi connectivity index (χ3n) is 4.08. The minimum Gasteiger partial charge on any atom is -0.396 e. The highest BCUT2D eigenvalue weighted by atomic mass is 32.1. The number of amides is 2. The van der Waals surface area contributed by atoms with Crippen LogP contribution in [0.25, 0.3) is 0 Å². The molecule has 122 valence electrons. The molecule has 1 saturated carbocycles. The van der Waals surface area contributed by atoms with E-state index in [1.807, 2.05) is 0 Å². The van der Waals surface area contributed by atoms with Gasteiger partial charge >= 0.3 is 6.03 Å². The molecule has 1 aromatic heterocycles. The molecule has 0 radical (unpaired) electrons. The van der Waals surface area contributed by atoms with E-state index in [4.69, 9.17) is 0 Å². The molecular formula is C16H20N4O2S. The minimum absolute atomic E-state index is 0.102. The number of aliphatic hydroxyl groups is 1. The molecule has 7 heteroatoms. The molecule has 0 atom stereocenters. The number of nitrogens with one attached hydrogen (secondary N) is 2. The van der Waals surface area contributed by atoms with Gasteiger partial charge in [0, 0.05) is 18.4 Å². The second-order valence-corrected chi connectivity index (χ2v) is 7.19. The monoisotopic (exact) mass is 332 g/mol. The molecule has 0 saturated heterocycles. The van der Waals surface area contributed by atoms with Gasteiger partial charge in [-0.1, -0.05) is 41.2 Å². The molecule has 1 fully saturated rings. The minimum atomic E-state index is -0.303. The zero-order valence-corrected chi connectivity index (χ0v) is 13.8. The molecular weight excluding hydrogens is 312 g/mol. The summed E-state index contributed by atoms with van der Waals surface area (Å²) in [4.78, 5) is 11.8. The molecule has 1 heterocycles. The zero-order chi connectivity index (χ0) is 16.3. The van der Waals surface area contributed by atoms with Gasteiger partial charge in [-0.25, -0.2) is 4.79 Å². The van der Waals surface area contributed by atoms with Gasteiger partial charge < -0.3 is 10.4 Å². The number of carbonyl (C=O) groups excluding carboxylic acids is 1. The van der Waals surface area contributed by atoms with E-state index in [1.54, 1.807) is 0 Å². The summed E-state index contributed by atoms with van der Waals surface area (Å²) in [7, 11) is 0. The van der Waals surface area contributed by atoms with Gasteiger partial charge in [-0.05, 0) is 25.3 Å². The van der Waals surface area contributed by atoms with Gasteiger partial charge in [-0.15, -0.1) is 10.2 Å². The molecule has 6 nitrogen and oxygen atoms in total. The lowest BCUT2D eigenvalue weighted by atomic mass is 10.1. The Balaban J connectivity index is 1.50. The second-order valence-electron chi connectivity index (χ2n) is 6.13. The summed E-state index contributed by atoms with van der Waals surface area (Å²) in [5.41, 5.74) is 2.29. The van der Waals surface area contributed by atoms with Crippen LogP contribution in [0.5, 0.6) is 0 Å². The number of aliphatic hydroxyl groups excluding tert-OH is 1. The van der Waals surface area contributed by atoms with Gasteiger partial charge in [0.2, 0.25) is 5.13 Å². The van der Waals surface area contributed by atoms with Crippen LogP contribution in [0.2, 0.25) is 0 Å². The SMILES string of the molecule is Cc1ccc(Cc2nnc(NC(=O)NCC3(CO)CC3)s2)cc1. The third kappa shape index (κ3) is 4.27. The van der Waals surface area contributed by atoms with Crippen LogP contribution in [0, 0.1) is 12.3 Å². The van der Waals surface area contributed by atoms with Crippen molar-refractivity contribution in [3.8, 4) is 0 Å². The van der Waals surface area contributed by atoms with Crippen molar-refractivity contribution >= 4 is 22.5 Å². The largest absolute Gasteiger partial charge is 0.396 e. The van der Waals surface area contributed by atoms with Gasteiger partial charge in [0.25, 0.3) is 0 Å². The van der Waals surface area contributed by atoms with Crippen molar-refractivity contribution < 1.29 is 9.90 Å². The summed E-state index contributed by atoms with van der Waals surface area (Å²) >= 11 is 1.37. The summed E-state index contributed by atoms with van der Waals surface area (Å²) in [5, 5.41) is 24.2. The van der Waals surface area contributed by atoms with E-state index in [0.717, 1.165) is 17.8 Å². The normalized spacial score (nSPS) is 15.2. The number of hydrogen-bond donors (Lipinski definition) is 3. The Labute approximate surface area is 139 Å². The Morgan fingerprint density at radius 2 is 2.04 bits per heavy atom. The Morgan fingerprint density at radius 3 is 2.70 bits per heavy atom. The Morgan fingerprint density at radius 1 is 1.30 bits per heavy atom. The van der Waals surface area contributed by atoms with Gasteiger partial charge in [-0.3, -0.25) is 5.32 Å². The molecule has 2 aromatic rings. The zero-order valence-electron chi connectivity index (χ0n) is 13.0. The van der Waals surface area contributed by atoms with Gasteiger partial charge in [0.05, 0.1) is 6.61 Å². The van der Waals surface area contributed by atoms with E-state index in [9.17, 15) is 9.90 Å². The number of aryl methyl sites for hydroxylation is 1. The number of carbonyl (C=O) groups is 1. The van der Waals surface area contributed by atoms with Crippen LogP contribution in [0.15, 0.2) is 24.3 Å². The number of benzene rings is 1. The van der Waals surface area contributed by atoms with Gasteiger partial charge in [0.15, 0.2) is 0 Å². The van der Waals surface area contributed by atoms with Crippen LogP contribution in [0.4, 0.5) is 9.93 Å². The van der Waals surface area contributed by atoms with Gasteiger partial charge in [0.1, 0.15) is 5.01 Å². The van der Waals surface area contributed by atoms with Crippen molar-refractivity contribution in [3.05, 3.63) is 40.4 Å². The second kappa shape index (κ2) is 6.64. The number of nitrogens with zero attached hydrogens (tertiary/aromatic N) is 2. The average molecular weight is 332 g/mol. The van der Waals surface area contributed by atoms with Crippen molar-refractivity contribution in [1.29, 1.82) is 0 Å². The van der Waals surface area contributed by atoms with Crippen molar-refractivity contribution in [2.45, 2.75) is 26.2 Å². The van der Waals surface area contributed by atoms with Crippen molar-refractivity contribution in [2.24, 2.45) is 5.41 Å². The third-order valence-corrected chi connectivity index (χ3v) is 4.92. The van der Waals surface area contributed by atoms with Crippen LogP contribution in [0.1, 0.15) is 29.0 Å². The molecule has 1 aliphatic rings. The fourth-order valence-electron chi connectivity index (χ4n) is 2.23. The Kier molecular flexibility index (Phi) is 4.58. The van der Waals surface area contributed by atoms with E-state index < -0.39 is 0 Å². The molecule has 2 amide bonds. The summed E-state index contributed by atoms with van der Waals surface area (Å²) in [6.45, 7) is 2.66. The molecule has 1 aromatic carbocycles. The number of hydrogen-bond acceptors (Lipinski definition) is 5. The maximum atomic E-state index is 11.8. The fourth-order valence-corrected chi connectivity index (χ4v) is 3.00. The van der Waals surface area contributed by atoms with Gasteiger partial charge in [-0.2, -0.15) is 0 Å². The predicted octanol–water partition coefficient (Wildman–Crippen LogP) is 2.33. The maximum Gasteiger partial charge on any atom is 0.321 e. The van der Waals surface area contributed by atoms with Crippen LogP contribution in [-0.2, 0) is 6.42 Å². The van der Waals surface area contributed by atoms with Crippen molar-refractivity contribution in [1.82, 2.24) is 15.5 Å². The first kappa shape index (κ1) is 15.9. The number of anilines is 1. The highest BCUT2D eigenvalue weighted by molar-refractivity contribution is 7.15. The standard InChI is InChI=1S/C16H20N4O2S/c1-11-2-4-12(5-3-11)8-13-19-20-15(23-13)18-14(22)17-9-16(10-21)6-7-16/h2-5,21H,6-10H2,1H3,(H2,17,18,20,22). The van der Waals surface area contributed by atoms with E-state index in [2.05, 4.69) is 52.0 Å². The predicted molar refractivity (Wildman–Crippen MR) is 89.7 cm³/mol. The fraction of sp³-hybridized carbons (Fsp3) is 0.438. The molecule has 0 bridgehead atoms. The van der Waals surface area contributed by atoms with Crippen LogP contribution in [0.3, 0.4) is 0 Å². The lowest BCUT2D eigenvalue weighted by molar-refractivity contribution is 0.206. The van der Waals surface area contributed by atoms with Crippen LogP contribution < -0.4 is 10.6 Å². The maximum absolute atomic E-state index is 11.8. The van der Waals surface area contributed by atoms with Crippen LogP contribution >= 0.6 is 11.3 Å². The van der Waals surface area contributed by atoms with E-state index in [-0.39, 0.29) is 18.1 Å². The van der Waals surface area contributed by atoms with E-state index in [1.165, 1.54) is 22.5 Å². The van der Waals surface area contributed by atoms with E-state index >= 15 is 0 Å². The van der Waals surface area contributed by atoms with Crippen LogP contribution in [-0.4, -0.2) is 34.5 Å². The number of rotatable bonds is 6. The average Bonchev–Trinajstić information content (AvgIpc) is 3.21. The summed E-state index contributed by atoms with van der Waals surface area (Å²) in [6, 6.07) is 7.97. The number of urea groups is 1. The first-order valence-electron chi connectivity index (χ1n) is 7.62. The highest BCUT2D eigenvalue weighted by Gasteiger charge is 2.42. The molecule has 23 heavy (non-hydrogen) atoms.